The number of piperidine rings is 1. The first kappa shape index (κ1) is 11.7. The van der Waals surface area contributed by atoms with Gasteiger partial charge in [-0.25, -0.2) is 4.98 Å². The molecule has 3 rings (SSSR count). The van der Waals surface area contributed by atoms with Crippen molar-refractivity contribution in [2.24, 2.45) is 5.92 Å². The minimum atomic E-state index is -0.0165. The Bertz CT molecular complexity index is 452. The van der Waals surface area contributed by atoms with Crippen LogP contribution < -0.4 is 0 Å². The SMILES string of the molecule is CC1CCC(C)N(C(=O)c2n[nH]c(C3CC3)n2)C1. The highest BCUT2D eigenvalue weighted by Crippen LogP contribution is 2.37. The van der Waals surface area contributed by atoms with E-state index in [9.17, 15) is 4.79 Å². The molecule has 5 nitrogen and oxygen atoms in total. The summed E-state index contributed by atoms with van der Waals surface area (Å²) >= 11 is 0. The lowest BCUT2D eigenvalue weighted by atomic mass is 9.95. The Morgan fingerprint density at radius 3 is 2.78 bits per heavy atom. The van der Waals surface area contributed by atoms with Gasteiger partial charge in [-0.05, 0) is 38.5 Å². The van der Waals surface area contributed by atoms with Crippen molar-refractivity contribution in [3.63, 3.8) is 0 Å². The molecule has 2 fully saturated rings. The molecule has 2 aliphatic rings. The molecule has 1 N–H and O–H groups in total. The highest BCUT2D eigenvalue weighted by atomic mass is 16.2. The van der Waals surface area contributed by atoms with Crippen LogP contribution in [-0.4, -0.2) is 38.6 Å². The Kier molecular flexibility index (Phi) is 2.84. The number of carbonyl (C=O) groups is 1. The van der Waals surface area contributed by atoms with E-state index in [-0.39, 0.29) is 5.91 Å². The third-order valence-corrected chi connectivity index (χ3v) is 4.04. The van der Waals surface area contributed by atoms with Gasteiger partial charge < -0.3 is 4.90 Å². The van der Waals surface area contributed by atoms with Crippen molar-refractivity contribution in [2.45, 2.75) is 51.5 Å². The van der Waals surface area contributed by atoms with Crippen LogP contribution in [0.4, 0.5) is 0 Å². The molecule has 0 bridgehead atoms. The smallest absolute Gasteiger partial charge is 0.293 e. The zero-order valence-corrected chi connectivity index (χ0v) is 11.0. The molecule has 2 unspecified atom stereocenters. The molecule has 1 aliphatic carbocycles. The molecule has 5 heteroatoms. The molecule has 1 amide bonds. The summed E-state index contributed by atoms with van der Waals surface area (Å²) in [5.41, 5.74) is 0. The summed E-state index contributed by atoms with van der Waals surface area (Å²) in [4.78, 5) is 18.7. The van der Waals surface area contributed by atoms with Crippen molar-refractivity contribution < 1.29 is 4.79 Å². The van der Waals surface area contributed by atoms with Crippen LogP contribution in [0.2, 0.25) is 0 Å². The molecule has 2 heterocycles. The van der Waals surface area contributed by atoms with Gasteiger partial charge in [-0.3, -0.25) is 9.89 Å². The minimum Gasteiger partial charge on any atom is -0.333 e. The summed E-state index contributed by atoms with van der Waals surface area (Å²) in [6.45, 7) is 5.13. The molecular weight excluding hydrogens is 228 g/mol. The summed E-state index contributed by atoms with van der Waals surface area (Å²) in [5, 5.41) is 6.99. The molecular formula is C13H20N4O. The zero-order chi connectivity index (χ0) is 12.7. The van der Waals surface area contributed by atoms with E-state index >= 15 is 0 Å². The Morgan fingerprint density at radius 2 is 2.06 bits per heavy atom. The van der Waals surface area contributed by atoms with Gasteiger partial charge in [0, 0.05) is 18.5 Å². The molecule has 98 valence electrons. The summed E-state index contributed by atoms with van der Waals surface area (Å²) in [7, 11) is 0. The van der Waals surface area contributed by atoms with Crippen LogP contribution in [0.5, 0.6) is 0 Å². The second-order valence-electron chi connectivity index (χ2n) is 5.81. The van der Waals surface area contributed by atoms with Crippen LogP contribution in [0.15, 0.2) is 0 Å². The number of likely N-dealkylation sites (tertiary alicyclic amines) is 1. The molecule has 1 saturated heterocycles. The van der Waals surface area contributed by atoms with Gasteiger partial charge in [-0.15, -0.1) is 5.10 Å². The maximum atomic E-state index is 12.4. The average molecular weight is 248 g/mol. The normalized spacial score (nSPS) is 28.4. The van der Waals surface area contributed by atoms with Crippen LogP contribution in [0.25, 0.3) is 0 Å². The van der Waals surface area contributed by atoms with Gasteiger partial charge >= 0.3 is 0 Å². The first-order chi connectivity index (χ1) is 8.65. The highest BCUT2D eigenvalue weighted by Gasteiger charge is 2.32. The second kappa shape index (κ2) is 4.37. The molecule has 1 saturated carbocycles. The fraction of sp³-hybridized carbons (Fsp3) is 0.769. The lowest BCUT2D eigenvalue weighted by Gasteiger charge is -2.36. The van der Waals surface area contributed by atoms with E-state index in [0.29, 0.717) is 23.7 Å². The topological polar surface area (TPSA) is 61.9 Å². The van der Waals surface area contributed by atoms with E-state index in [2.05, 4.69) is 29.0 Å². The molecule has 0 radical (unpaired) electrons. The predicted molar refractivity (Wildman–Crippen MR) is 67.3 cm³/mol. The minimum absolute atomic E-state index is 0.0165. The second-order valence-corrected chi connectivity index (χ2v) is 5.81. The van der Waals surface area contributed by atoms with Gasteiger partial charge in [0.15, 0.2) is 0 Å². The fourth-order valence-corrected chi connectivity index (χ4v) is 2.61. The van der Waals surface area contributed by atoms with Crippen molar-refractivity contribution in [3.8, 4) is 0 Å². The van der Waals surface area contributed by atoms with Crippen LogP contribution >= 0.6 is 0 Å². The molecule has 0 spiro atoms. The van der Waals surface area contributed by atoms with Crippen molar-refractivity contribution in [3.05, 3.63) is 11.6 Å². The van der Waals surface area contributed by atoms with E-state index in [4.69, 9.17) is 0 Å². The quantitative estimate of drug-likeness (QED) is 0.870. The van der Waals surface area contributed by atoms with Gasteiger partial charge in [-0.2, -0.15) is 0 Å². The number of hydrogen-bond acceptors (Lipinski definition) is 3. The number of rotatable bonds is 2. The third-order valence-electron chi connectivity index (χ3n) is 4.04. The average Bonchev–Trinajstić information content (AvgIpc) is 3.09. The van der Waals surface area contributed by atoms with Crippen LogP contribution in [-0.2, 0) is 0 Å². The van der Waals surface area contributed by atoms with Gasteiger partial charge in [0.05, 0.1) is 0 Å². The number of aromatic amines is 1. The number of H-pyrrole nitrogens is 1. The fourth-order valence-electron chi connectivity index (χ4n) is 2.61. The monoisotopic (exact) mass is 248 g/mol. The van der Waals surface area contributed by atoms with E-state index in [1.54, 1.807) is 0 Å². The lowest BCUT2D eigenvalue weighted by molar-refractivity contribution is 0.0562. The molecule has 1 aliphatic heterocycles. The maximum absolute atomic E-state index is 12.4. The molecule has 0 aromatic carbocycles. The zero-order valence-electron chi connectivity index (χ0n) is 11.0. The summed E-state index contributed by atoms with van der Waals surface area (Å²) < 4.78 is 0. The van der Waals surface area contributed by atoms with Gasteiger partial charge in [0.2, 0.25) is 5.82 Å². The van der Waals surface area contributed by atoms with Crippen LogP contribution in [0.1, 0.15) is 61.9 Å². The number of nitrogens with one attached hydrogen (secondary N) is 1. The number of hydrogen-bond donors (Lipinski definition) is 1. The van der Waals surface area contributed by atoms with E-state index in [0.717, 1.165) is 18.8 Å². The first-order valence-corrected chi connectivity index (χ1v) is 6.88. The summed E-state index contributed by atoms with van der Waals surface area (Å²) in [5.74, 6) is 2.30. The Morgan fingerprint density at radius 1 is 1.28 bits per heavy atom. The van der Waals surface area contributed by atoms with E-state index < -0.39 is 0 Å². The molecule has 2 atom stereocenters. The van der Waals surface area contributed by atoms with Crippen LogP contribution in [0, 0.1) is 5.92 Å². The highest BCUT2D eigenvalue weighted by molar-refractivity contribution is 5.90. The van der Waals surface area contributed by atoms with Gasteiger partial charge in [0.1, 0.15) is 5.82 Å². The van der Waals surface area contributed by atoms with Crippen molar-refractivity contribution in [1.29, 1.82) is 0 Å². The molecule has 1 aromatic heterocycles. The number of aromatic nitrogens is 3. The largest absolute Gasteiger partial charge is 0.333 e. The molecule has 1 aromatic rings. The van der Waals surface area contributed by atoms with Crippen molar-refractivity contribution in [2.75, 3.05) is 6.54 Å². The summed E-state index contributed by atoms with van der Waals surface area (Å²) in [6.07, 6.45) is 4.61. The first-order valence-electron chi connectivity index (χ1n) is 6.88. The number of amides is 1. The van der Waals surface area contributed by atoms with Crippen LogP contribution in [0.3, 0.4) is 0 Å². The standard InChI is InChI=1S/C13H20N4O/c1-8-3-4-9(2)17(7-8)13(18)12-14-11(15-16-12)10-5-6-10/h8-10H,3-7H2,1-2H3,(H,14,15,16). The van der Waals surface area contributed by atoms with Gasteiger partial charge in [0.25, 0.3) is 5.91 Å². The third kappa shape index (κ3) is 2.13. The number of nitrogens with zero attached hydrogens (tertiary/aromatic N) is 3. The Labute approximate surface area is 107 Å². The van der Waals surface area contributed by atoms with E-state index in [1.807, 2.05) is 4.90 Å². The van der Waals surface area contributed by atoms with E-state index in [1.165, 1.54) is 19.3 Å². The predicted octanol–water partition coefficient (Wildman–Crippen LogP) is 1.94. The lowest BCUT2D eigenvalue weighted by Crippen LogP contribution is -2.45. The van der Waals surface area contributed by atoms with Gasteiger partial charge in [-0.1, -0.05) is 6.92 Å². The van der Waals surface area contributed by atoms with Crippen molar-refractivity contribution in [1.82, 2.24) is 20.1 Å². The molecule has 18 heavy (non-hydrogen) atoms. The number of carbonyl (C=O) groups excluding carboxylic acids is 1. The summed E-state index contributed by atoms with van der Waals surface area (Å²) in [6, 6.07) is 0.302. The maximum Gasteiger partial charge on any atom is 0.293 e. The Hall–Kier alpha value is -1.39. The Balaban J connectivity index is 1.75. The van der Waals surface area contributed by atoms with Crippen molar-refractivity contribution >= 4 is 5.91 Å².